The largest absolute Gasteiger partial charge is 0.508 e. The van der Waals surface area contributed by atoms with E-state index in [1.54, 1.807) is 30.3 Å². The molecule has 0 saturated carbocycles. The van der Waals surface area contributed by atoms with Crippen LogP contribution in [0.15, 0.2) is 53.5 Å². The van der Waals surface area contributed by atoms with E-state index in [-0.39, 0.29) is 17.1 Å². The summed E-state index contributed by atoms with van der Waals surface area (Å²) in [6.07, 6.45) is 0. The van der Waals surface area contributed by atoms with Gasteiger partial charge in [-0.05, 0) is 51.1 Å². The van der Waals surface area contributed by atoms with Crippen LogP contribution < -0.4 is 5.32 Å². The van der Waals surface area contributed by atoms with Crippen molar-refractivity contribution >= 4 is 21.6 Å². The quantitative estimate of drug-likeness (QED) is 0.805. The minimum Gasteiger partial charge on any atom is -0.508 e. The minimum absolute atomic E-state index is 0.0574. The lowest BCUT2D eigenvalue weighted by molar-refractivity contribution is 0.0975. The predicted molar refractivity (Wildman–Crippen MR) is 105 cm³/mol. The number of benzene rings is 2. The molecule has 6 nitrogen and oxygen atoms in total. The van der Waals surface area contributed by atoms with Gasteiger partial charge in [0.2, 0.25) is 0 Å². The second-order valence-corrected chi connectivity index (χ2v) is 10.0. The Balaban J connectivity index is 2.12. The Morgan fingerprint density at radius 2 is 1.79 bits per heavy atom. The van der Waals surface area contributed by atoms with Crippen LogP contribution in [0.3, 0.4) is 0 Å². The Bertz CT molecular complexity index is 1060. The van der Waals surface area contributed by atoms with Crippen molar-refractivity contribution < 1.29 is 22.7 Å². The van der Waals surface area contributed by atoms with Gasteiger partial charge in [-0.3, -0.25) is 9.79 Å². The van der Waals surface area contributed by atoms with Crippen LogP contribution in [0.2, 0.25) is 0 Å². The molecule has 3 rings (SSSR count). The van der Waals surface area contributed by atoms with E-state index < -0.39 is 37.6 Å². The second kappa shape index (κ2) is 6.70. The molecule has 148 valence electrons. The molecular formula is C20H21FN2O4S. The summed E-state index contributed by atoms with van der Waals surface area (Å²) in [5, 5.41) is 12.3. The molecule has 0 aliphatic carbocycles. The first kappa shape index (κ1) is 20.0. The average molecular weight is 404 g/mol. The van der Waals surface area contributed by atoms with E-state index >= 15 is 0 Å². The Morgan fingerprint density at radius 3 is 2.43 bits per heavy atom. The van der Waals surface area contributed by atoms with E-state index in [0.717, 1.165) is 12.1 Å². The molecule has 0 bridgehead atoms. The van der Waals surface area contributed by atoms with Crippen LogP contribution in [-0.4, -0.2) is 35.8 Å². The van der Waals surface area contributed by atoms with Crippen LogP contribution >= 0.6 is 0 Å². The fraction of sp³-hybridized carbons (Fsp3) is 0.300. The predicted octanol–water partition coefficient (Wildman–Crippen LogP) is 2.78. The molecule has 2 N–H and O–H groups in total. The Kier molecular flexibility index (Phi) is 4.79. The lowest BCUT2D eigenvalue weighted by Crippen LogP contribution is -2.57. The summed E-state index contributed by atoms with van der Waals surface area (Å²) in [6, 6.07) is 11.7. The number of rotatable bonds is 2. The van der Waals surface area contributed by atoms with Gasteiger partial charge in [-0.15, -0.1) is 0 Å². The third-order valence-corrected chi connectivity index (χ3v) is 7.67. The summed E-state index contributed by atoms with van der Waals surface area (Å²) >= 11 is 0. The van der Waals surface area contributed by atoms with Crippen LogP contribution in [0.4, 0.5) is 4.39 Å². The highest BCUT2D eigenvalue weighted by molar-refractivity contribution is 7.93. The first-order valence-electron chi connectivity index (χ1n) is 8.64. The summed E-state index contributed by atoms with van der Waals surface area (Å²) < 4.78 is 39.0. The summed E-state index contributed by atoms with van der Waals surface area (Å²) in [6.45, 7) is 4.36. The lowest BCUT2D eigenvalue weighted by Gasteiger charge is -2.39. The van der Waals surface area contributed by atoms with Gasteiger partial charge in [0.15, 0.2) is 9.84 Å². The molecule has 0 saturated heterocycles. The van der Waals surface area contributed by atoms with Gasteiger partial charge in [0, 0.05) is 11.1 Å². The van der Waals surface area contributed by atoms with Gasteiger partial charge in [-0.1, -0.05) is 18.2 Å². The zero-order valence-electron chi connectivity index (χ0n) is 15.7. The lowest BCUT2D eigenvalue weighted by atomic mass is 9.93. The highest BCUT2D eigenvalue weighted by Crippen LogP contribution is 2.39. The van der Waals surface area contributed by atoms with Gasteiger partial charge in [0.25, 0.3) is 5.91 Å². The summed E-state index contributed by atoms with van der Waals surface area (Å²) in [5.74, 6) is -1.93. The topological polar surface area (TPSA) is 95.8 Å². The average Bonchev–Trinajstić information content (AvgIpc) is 2.62. The molecule has 1 aliphatic heterocycles. The first-order valence-corrected chi connectivity index (χ1v) is 10.3. The molecule has 0 aromatic heterocycles. The Labute approximate surface area is 163 Å². The van der Waals surface area contributed by atoms with Crippen molar-refractivity contribution in [3.8, 4) is 5.75 Å². The number of hydrogen-bond acceptors (Lipinski definition) is 5. The fourth-order valence-electron chi connectivity index (χ4n) is 3.12. The molecule has 0 radical (unpaired) electrons. The zero-order valence-corrected chi connectivity index (χ0v) is 16.5. The number of aliphatic imine (C=N–C) groups is 1. The SMILES string of the molecule is CC1(c2cc(O)ccc2F)CS(=O)(=O)C(C)(C)C(NC(=O)c2ccccc2)=N1. The van der Waals surface area contributed by atoms with Crippen molar-refractivity contribution in [2.24, 2.45) is 4.99 Å². The molecule has 1 aliphatic rings. The summed E-state index contributed by atoms with van der Waals surface area (Å²) in [5.41, 5.74) is -1.22. The number of carbonyl (C=O) groups is 1. The molecule has 0 spiro atoms. The number of hydrogen-bond donors (Lipinski definition) is 2. The van der Waals surface area contributed by atoms with E-state index in [9.17, 15) is 22.7 Å². The van der Waals surface area contributed by atoms with E-state index in [2.05, 4.69) is 10.3 Å². The third-order valence-electron chi connectivity index (χ3n) is 4.98. The summed E-state index contributed by atoms with van der Waals surface area (Å²) in [7, 11) is -3.82. The van der Waals surface area contributed by atoms with E-state index in [0.29, 0.717) is 5.56 Å². The molecule has 2 aromatic rings. The van der Waals surface area contributed by atoms with Crippen LogP contribution in [0, 0.1) is 5.82 Å². The summed E-state index contributed by atoms with van der Waals surface area (Å²) in [4.78, 5) is 17.0. The highest BCUT2D eigenvalue weighted by Gasteiger charge is 2.50. The number of aromatic hydroxyl groups is 1. The number of sulfone groups is 1. The Hall–Kier alpha value is -2.74. The zero-order chi connectivity index (χ0) is 20.7. The first-order chi connectivity index (χ1) is 13.0. The number of halogens is 1. The normalized spacial score (nSPS) is 22.9. The Morgan fingerprint density at radius 1 is 1.14 bits per heavy atom. The number of nitrogens with zero attached hydrogens (tertiary/aromatic N) is 1. The van der Waals surface area contributed by atoms with E-state index in [1.807, 2.05) is 0 Å². The van der Waals surface area contributed by atoms with Crippen molar-refractivity contribution in [1.82, 2.24) is 5.32 Å². The number of carbonyl (C=O) groups excluding carboxylic acids is 1. The van der Waals surface area contributed by atoms with Crippen LogP contribution in [-0.2, 0) is 15.4 Å². The number of nitrogens with one attached hydrogen (secondary N) is 1. The molecule has 0 fully saturated rings. The second-order valence-electron chi connectivity index (χ2n) is 7.49. The van der Waals surface area contributed by atoms with Crippen LogP contribution in [0.1, 0.15) is 36.7 Å². The van der Waals surface area contributed by atoms with Gasteiger partial charge in [0.05, 0.1) is 5.75 Å². The van der Waals surface area contributed by atoms with Crippen molar-refractivity contribution in [3.63, 3.8) is 0 Å². The maximum atomic E-state index is 14.4. The van der Waals surface area contributed by atoms with E-state index in [1.165, 1.54) is 26.8 Å². The number of amidine groups is 1. The van der Waals surface area contributed by atoms with Crippen LogP contribution in [0.25, 0.3) is 0 Å². The standard InChI is InChI=1S/C20H21FN2O4S/c1-19(2)18(22-17(25)13-7-5-4-6-8-13)23-20(3,12-28(19,26)27)15-11-14(24)9-10-16(15)21/h4-11,24H,12H2,1-3H3,(H,22,23,25). The van der Waals surface area contributed by atoms with Gasteiger partial charge in [-0.2, -0.15) is 0 Å². The van der Waals surface area contributed by atoms with Gasteiger partial charge in [0.1, 0.15) is 27.7 Å². The molecule has 1 heterocycles. The van der Waals surface area contributed by atoms with Crippen LogP contribution in [0.5, 0.6) is 5.75 Å². The van der Waals surface area contributed by atoms with Crippen molar-refractivity contribution in [3.05, 3.63) is 65.5 Å². The van der Waals surface area contributed by atoms with Crippen molar-refractivity contribution in [1.29, 1.82) is 0 Å². The van der Waals surface area contributed by atoms with Crippen molar-refractivity contribution in [2.45, 2.75) is 31.1 Å². The van der Waals surface area contributed by atoms with Gasteiger partial charge >= 0.3 is 0 Å². The molecule has 2 aromatic carbocycles. The minimum atomic E-state index is -3.82. The maximum absolute atomic E-state index is 14.4. The maximum Gasteiger partial charge on any atom is 0.256 e. The smallest absolute Gasteiger partial charge is 0.256 e. The third kappa shape index (κ3) is 3.40. The van der Waals surface area contributed by atoms with E-state index in [4.69, 9.17) is 0 Å². The highest BCUT2D eigenvalue weighted by atomic mass is 32.2. The number of phenolic OH excluding ortho intramolecular Hbond substituents is 1. The fourth-order valence-corrected chi connectivity index (χ4v) is 4.84. The number of amides is 1. The molecule has 28 heavy (non-hydrogen) atoms. The molecule has 8 heteroatoms. The van der Waals surface area contributed by atoms with Crippen molar-refractivity contribution in [2.75, 3.05) is 5.75 Å². The monoisotopic (exact) mass is 404 g/mol. The molecule has 1 unspecified atom stereocenters. The number of phenols is 1. The molecule has 1 atom stereocenters. The molecular weight excluding hydrogens is 383 g/mol. The van der Waals surface area contributed by atoms with Gasteiger partial charge in [-0.25, -0.2) is 12.8 Å². The van der Waals surface area contributed by atoms with Gasteiger partial charge < -0.3 is 10.4 Å². The molecule has 1 amide bonds.